The van der Waals surface area contributed by atoms with Gasteiger partial charge < -0.3 is 5.73 Å². The first-order valence-electron chi connectivity index (χ1n) is 5.64. The van der Waals surface area contributed by atoms with Crippen LogP contribution >= 0.6 is 0 Å². The third kappa shape index (κ3) is 4.06. The summed E-state index contributed by atoms with van der Waals surface area (Å²) >= 11 is 0. The number of nitrogens with two attached hydrogens (primary N) is 1. The number of aryl methyl sites for hydroxylation is 2. The molecule has 2 N–H and O–H groups in total. The summed E-state index contributed by atoms with van der Waals surface area (Å²) in [7, 11) is -0.796. The minimum Gasteiger partial charge on any atom is -0.330 e. The largest absolute Gasteiger partial charge is 0.330 e. The SMILES string of the molecule is Cc1ccc(CS(=O)CC(C)CN)cc1C. The molecule has 16 heavy (non-hydrogen) atoms. The number of hydrogen-bond donors (Lipinski definition) is 1. The first-order valence-corrected chi connectivity index (χ1v) is 7.13. The fraction of sp³-hybridized carbons (Fsp3) is 0.538. The molecule has 2 nitrogen and oxygen atoms in total. The zero-order valence-corrected chi connectivity index (χ0v) is 11.1. The number of rotatable bonds is 5. The molecule has 90 valence electrons. The van der Waals surface area contributed by atoms with Gasteiger partial charge in [0.1, 0.15) is 0 Å². The minimum atomic E-state index is -0.796. The average molecular weight is 239 g/mol. The molecule has 2 atom stereocenters. The van der Waals surface area contributed by atoms with Crippen LogP contribution in [0.5, 0.6) is 0 Å². The quantitative estimate of drug-likeness (QED) is 0.855. The van der Waals surface area contributed by atoms with Crippen LogP contribution in [0.4, 0.5) is 0 Å². The molecule has 0 aliphatic carbocycles. The van der Waals surface area contributed by atoms with Crippen molar-refractivity contribution in [2.75, 3.05) is 12.3 Å². The van der Waals surface area contributed by atoms with E-state index in [1.807, 2.05) is 6.92 Å². The molecule has 0 aromatic heterocycles. The van der Waals surface area contributed by atoms with Crippen molar-refractivity contribution in [3.63, 3.8) is 0 Å². The molecule has 0 bridgehead atoms. The summed E-state index contributed by atoms with van der Waals surface area (Å²) in [4.78, 5) is 0. The number of benzene rings is 1. The highest BCUT2D eigenvalue weighted by Crippen LogP contribution is 2.12. The van der Waals surface area contributed by atoms with Gasteiger partial charge >= 0.3 is 0 Å². The van der Waals surface area contributed by atoms with Crippen LogP contribution in [0.15, 0.2) is 18.2 Å². The van der Waals surface area contributed by atoms with E-state index in [0.29, 0.717) is 24.0 Å². The smallest absolute Gasteiger partial charge is 0.0485 e. The maximum Gasteiger partial charge on any atom is 0.0485 e. The third-order valence-electron chi connectivity index (χ3n) is 2.77. The van der Waals surface area contributed by atoms with E-state index in [2.05, 4.69) is 32.0 Å². The van der Waals surface area contributed by atoms with Crippen molar-refractivity contribution in [1.29, 1.82) is 0 Å². The highest BCUT2D eigenvalue weighted by Gasteiger charge is 2.07. The molecule has 0 aliphatic heterocycles. The van der Waals surface area contributed by atoms with Crippen LogP contribution in [0.25, 0.3) is 0 Å². The Balaban J connectivity index is 2.59. The van der Waals surface area contributed by atoms with E-state index in [1.54, 1.807) is 0 Å². The topological polar surface area (TPSA) is 43.1 Å². The highest BCUT2D eigenvalue weighted by atomic mass is 32.2. The zero-order chi connectivity index (χ0) is 12.1. The second-order valence-electron chi connectivity index (χ2n) is 4.51. The molecule has 0 aliphatic rings. The first kappa shape index (κ1) is 13.4. The lowest BCUT2D eigenvalue weighted by atomic mass is 10.1. The first-order chi connectivity index (χ1) is 7.52. The summed E-state index contributed by atoms with van der Waals surface area (Å²) in [6, 6.07) is 6.28. The van der Waals surface area contributed by atoms with E-state index in [1.165, 1.54) is 11.1 Å². The minimum absolute atomic E-state index is 0.340. The Morgan fingerprint density at radius 2 is 2.00 bits per heavy atom. The molecule has 0 spiro atoms. The van der Waals surface area contributed by atoms with Gasteiger partial charge in [-0.3, -0.25) is 4.21 Å². The van der Waals surface area contributed by atoms with Crippen molar-refractivity contribution in [2.45, 2.75) is 26.5 Å². The monoisotopic (exact) mass is 239 g/mol. The molecule has 3 heteroatoms. The maximum atomic E-state index is 11.8. The third-order valence-corrected chi connectivity index (χ3v) is 4.37. The van der Waals surface area contributed by atoms with Crippen LogP contribution < -0.4 is 5.73 Å². The normalized spacial score (nSPS) is 14.8. The van der Waals surface area contributed by atoms with E-state index in [9.17, 15) is 4.21 Å². The Hall–Kier alpha value is -0.670. The predicted octanol–water partition coefficient (Wildman–Crippen LogP) is 2.15. The lowest BCUT2D eigenvalue weighted by Gasteiger charge is -2.09. The van der Waals surface area contributed by atoms with Gasteiger partial charge in [-0.15, -0.1) is 0 Å². The van der Waals surface area contributed by atoms with Gasteiger partial charge in [0.15, 0.2) is 0 Å². The molecule has 0 radical (unpaired) electrons. The molecule has 0 heterocycles. The fourth-order valence-corrected chi connectivity index (χ4v) is 2.96. The van der Waals surface area contributed by atoms with Crippen LogP contribution in [0, 0.1) is 19.8 Å². The predicted molar refractivity (Wildman–Crippen MR) is 70.8 cm³/mol. The molecule has 0 amide bonds. The summed E-state index contributed by atoms with van der Waals surface area (Å²) in [5.74, 6) is 1.68. The lowest BCUT2D eigenvalue weighted by Crippen LogP contribution is -2.18. The van der Waals surface area contributed by atoms with E-state index in [-0.39, 0.29) is 0 Å². The van der Waals surface area contributed by atoms with Crippen molar-refractivity contribution >= 4 is 10.8 Å². The summed E-state index contributed by atoms with van der Waals surface area (Å²) in [5.41, 5.74) is 9.23. The molecule has 1 aromatic carbocycles. The summed E-state index contributed by atoms with van der Waals surface area (Å²) in [6.07, 6.45) is 0. The lowest BCUT2D eigenvalue weighted by molar-refractivity contribution is 0.640. The standard InChI is InChI=1S/C13H21NOS/c1-10(7-14)8-16(15)9-13-5-4-11(2)12(3)6-13/h4-6,10H,7-9,14H2,1-3H3. The van der Waals surface area contributed by atoms with Gasteiger partial charge in [-0.1, -0.05) is 25.1 Å². The van der Waals surface area contributed by atoms with Gasteiger partial charge in [-0.25, -0.2) is 0 Å². The Bertz CT molecular complexity index is 376. The molecule has 1 aromatic rings. The van der Waals surface area contributed by atoms with Gasteiger partial charge in [0.2, 0.25) is 0 Å². The second kappa shape index (κ2) is 6.16. The van der Waals surface area contributed by atoms with Gasteiger partial charge in [0.25, 0.3) is 0 Å². The summed E-state index contributed by atoms with van der Waals surface area (Å²) in [5, 5.41) is 0. The van der Waals surface area contributed by atoms with Crippen LogP contribution in [-0.4, -0.2) is 16.5 Å². The molecule has 0 saturated carbocycles. The Kier molecular flexibility index (Phi) is 5.16. The van der Waals surface area contributed by atoms with E-state index in [0.717, 1.165) is 5.56 Å². The molecule has 0 fully saturated rings. The fourth-order valence-electron chi connectivity index (χ4n) is 1.52. The van der Waals surface area contributed by atoms with E-state index < -0.39 is 10.8 Å². The highest BCUT2D eigenvalue weighted by molar-refractivity contribution is 7.84. The summed E-state index contributed by atoms with van der Waals surface area (Å²) in [6.45, 7) is 6.83. The van der Waals surface area contributed by atoms with Crippen LogP contribution in [0.3, 0.4) is 0 Å². The van der Waals surface area contributed by atoms with Crippen LogP contribution in [0.2, 0.25) is 0 Å². The zero-order valence-electron chi connectivity index (χ0n) is 10.3. The summed E-state index contributed by atoms with van der Waals surface area (Å²) < 4.78 is 11.8. The van der Waals surface area contributed by atoms with Crippen molar-refractivity contribution in [3.05, 3.63) is 34.9 Å². The van der Waals surface area contributed by atoms with Crippen molar-refractivity contribution in [3.8, 4) is 0 Å². The second-order valence-corrected chi connectivity index (χ2v) is 6.01. The Labute approximate surface area is 101 Å². The van der Waals surface area contributed by atoms with E-state index >= 15 is 0 Å². The Morgan fingerprint density at radius 1 is 1.31 bits per heavy atom. The number of hydrogen-bond acceptors (Lipinski definition) is 2. The van der Waals surface area contributed by atoms with Gasteiger partial charge in [0, 0.05) is 22.3 Å². The molecular formula is C13H21NOS. The van der Waals surface area contributed by atoms with Gasteiger partial charge in [-0.05, 0) is 43.0 Å². The Morgan fingerprint density at radius 3 is 2.56 bits per heavy atom. The molecular weight excluding hydrogens is 218 g/mol. The van der Waals surface area contributed by atoms with E-state index in [4.69, 9.17) is 5.73 Å². The van der Waals surface area contributed by atoms with Crippen LogP contribution in [0.1, 0.15) is 23.6 Å². The van der Waals surface area contributed by atoms with Gasteiger partial charge in [0.05, 0.1) is 0 Å². The van der Waals surface area contributed by atoms with Crippen molar-refractivity contribution < 1.29 is 4.21 Å². The average Bonchev–Trinajstić information content (AvgIpc) is 2.23. The molecule has 1 rings (SSSR count). The van der Waals surface area contributed by atoms with Crippen LogP contribution in [-0.2, 0) is 16.6 Å². The van der Waals surface area contributed by atoms with Crippen molar-refractivity contribution in [1.82, 2.24) is 0 Å². The van der Waals surface area contributed by atoms with Crippen molar-refractivity contribution in [2.24, 2.45) is 11.7 Å². The maximum absolute atomic E-state index is 11.8. The molecule has 0 saturated heterocycles. The molecule has 2 unspecified atom stereocenters. The van der Waals surface area contributed by atoms with Gasteiger partial charge in [-0.2, -0.15) is 0 Å².